The summed E-state index contributed by atoms with van der Waals surface area (Å²) in [6, 6.07) is 14.1. The van der Waals surface area contributed by atoms with Crippen molar-refractivity contribution >= 4 is 38.3 Å². The number of nitrogens with zero attached hydrogens (tertiary/aromatic N) is 1. The first-order valence-electron chi connectivity index (χ1n) is 7.98. The first-order valence-corrected chi connectivity index (χ1v) is 10.7. The number of carbonyl (C=O) groups excluding carboxylic acids is 1. The van der Waals surface area contributed by atoms with Crippen LogP contribution < -0.4 is 0 Å². The Labute approximate surface area is 147 Å². The van der Waals surface area contributed by atoms with E-state index in [0.717, 1.165) is 10.3 Å². The first kappa shape index (κ1) is 17.3. The molecule has 1 aliphatic heterocycles. The fourth-order valence-corrected chi connectivity index (χ4v) is 5.83. The zero-order valence-electron chi connectivity index (χ0n) is 13.8. The van der Waals surface area contributed by atoms with Crippen molar-refractivity contribution in [2.45, 2.75) is 29.5 Å². The molecule has 1 fully saturated rings. The second kappa shape index (κ2) is 6.76. The molecule has 6 heteroatoms. The number of fused-ring (bicyclic) bond motifs is 1. The van der Waals surface area contributed by atoms with Crippen LogP contribution in [0.4, 0.5) is 0 Å². The van der Waals surface area contributed by atoms with Gasteiger partial charge in [0.15, 0.2) is 9.84 Å². The van der Waals surface area contributed by atoms with Gasteiger partial charge in [-0.25, -0.2) is 8.42 Å². The summed E-state index contributed by atoms with van der Waals surface area (Å²) in [6.07, 6.45) is 0.540. The van der Waals surface area contributed by atoms with E-state index in [1.54, 1.807) is 11.9 Å². The minimum atomic E-state index is -2.98. The van der Waals surface area contributed by atoms with Crippen molar-refractivity contribution in [1.29, 1.82) is 0 Å². The fourth-order valence-electron chi connectivity index (χ4n) is 3.04. The smallest absolute Gasteiger partial charge is 0.235 e. The molecule has 2 aromatic rings. The van der Waals surface area contributed by atoms with Gasteiger partial charge in [0.1, 0.15) is 0 Å². The Kier molecular flexibility index (Phi) is 4.88. The molecule has 0 saturated carbocycles. The Morgan fingerprint density at radius 2 is 1.92 bits per heavy atom. The van der Waals surface area contributed by atoms with Gasteiger partial charge in [-0.05, 0) is 36.2 Å². The van der Waals surface area contributed by atoms with Gasteiger partial charge < -0.3 is 4.90 Å². The van der Waals surface area contributed by atoms with Crippen molar-refractivity contribution in [3.05, 3.63) is 42.5 Å². The van der Waals surface area contributed by atoms with E-state index in [-0.39, 0.29) is 28.7 Å². The molecule has 1 aliphatic rings. The molecule has 1 saturated heterocycles. The molecule has 0 unspecified atom stereocenters. The van der Waals surface area contributed by atoms with Crippen LogP contribution in [-0.2, 0) is 14.6 Å². The summed E-state index contributed by atoms with van der Waals surface area (Å²) in [5.41, 5.74) is 0. The van der Waals surface area contributed by atoms with Crippen molar-refractivity contribution in [2.24, 2.45) is 0 Å². The summed E-state index contributed by atoms with van der Waals surface area (Å²) < 4.78 is 23.2. The molecule has 0 spiro atoms. The van der Waals surface area contributed by atoms with E-state index in [1.807, 2.05) is 25.1 Å². The maximum atomic E-state index is 12.6. The Morgan fingerprint density at radius 1 is 1.21 bits per heavy atom. The molecule has 0 aromatic heterocycles. The largest absolute Gasteiger partial charge is 0.341 e. The number of carbonyl (C=O) groups is 1. The standard InChI is InChI=1S/C18H21NO3S2/c1-13(18(20)19(2)16-9-10-24(21,22)12-16)23-17-8-7-14-5-3-4-6-15(14)11-17/h3-8,11,13,16H,9-10,12H2,1-2H3/t13-,16-/m1/s1. The highest BCUT2D eigenvalue weighted by Gasteiger charge is 2.34. The minimum absolute atomic E-state index is 0.0183. The fraction of sp³-hybridized carbons (Fsp3) is 0.389. The van der Waals surface area contributed by atoms with Crippen LogP contribution in [-0.4, -0.2) is 49.1 Å². The van der Waals surface area contributed by atoms with E-state index in [4.69, 9.17) is 0 Å². The van der Waals surface area contributed by atoms with Gasteiger partial charge in [0, 0.05) is 18.0 Å². The number of hydrogen-bond acceptors (Lipinski definition) is 4. The average Bonchev–Trinajstić information content (AvgIpc) is 2.93. The number of sulfone groups is 1. The van der Waals surface area contributed by atoms with Gasteiger partial charge in [0.2, 0.25) is 5.91 Å². The molecule has 0 radical (unpaired) electrons. The molecule has 24 heavy (non-hydrogen) atoms. The summed E-state index contributed by atoms with van der Waals surface area (Å²) in [5, 5.41) is 2.07. The van der Waals surface area contributed by atoms with Crippen LogP contribution in [0.1, 0.15) is 13.3 Å². The molecule has 0 N–H and O–H groups in total. The summed E-state index contributed by atoms with van der Waals surface area (Å²) in [5.74, 6) is 0.250. The van der Waals surface area contributed by atoms with Crippen molar-refractivity contribution in [2.75, 3.05) is 18.6 Å². The quantitative estimate of drug-likeness (QED) is 0.784. The molecular formula is C18H21NO3S2. The van der Waals surface area contributed by atoms with Gasteiger partial charge in [0.25, 0.3) is 0 Å². The lowest BCUT2D eigenvalue weighted by Gasteiger charge is -2.26. The highest BCUT2D eigenvalue weighted by molar-refractivity contribution is 8.00. The lowest BCUT2D eigenvalue weighted by atomic mass is 10.1. The van der Waals surface area contributed by atoms with Gasteiger partial charge in [-0.3, -0.25) is 4.79 Å². The number of amides is 1. The minimum Gasteiger partial charge on any atom is -0.341 e. The second-order valence-electron chi connectivity index (χ2n) is 6.28. The van der Waals surface area contributed by atoms with Gasteiger partial charge in [-0.1, -0.05) is 30.3 Å². The summed E-state index contributed by atoms with van der Waals surface area (Å²) >= 11 is 1.51. The monoisotopic (exact) mass is 363 g/mol. The Bertz CT molecular complexity index is 863. The number of hydrogen-bond donors (Lipinski definition) is 0. The molecule has 1 heterocycles. The van der Waals surface area contributed by atoms with E-state index in [0.29, 0.717) is 6.42 Å². The molecular weight excluding hydrogens is 342 g/mol. The van der Waals surface area contributed by atoms with Crippen molar-refractivity contribution in [3.8, 4) is 0 Å². The Morgan fingerprint density at radius 3 is 2.58 bits per heavy atom. The average molecular weight is 364 g/mol. The predicted octanol–water partition coefficient (Wildman–Crippen LogP) is 2.97. The second-order valence-corrected chi connectivity index (χ2v) is 9.92. The lowest BCUT2D eigenvalue weighted by Crippen LogP contribution is -2.41. The van der Waals surface area contributed by atoms with E-state index >= 15 is 0 Å². The third-order valence-corrected chi connectivity index (χ3v) is 7.32. The first-order chi connectivity index (χ1) is 11.4. The predicted molar refractivity (Wildman–Crippen MR) is 99.1 cm³/mol. The molecule has 3 rings (SSSR count). The lowest BCUT2D eigenvalue weighted by molar-refractivity contribution is -0.130. The van der Waals surface area contributed by atoms with Crippen molar-refractivity contribution < 1.29 is 13.2 Å². The number of benzene rings is 2. The van der Waals surface area contributed by atoms with E-state index in [2.05, 4.69) is 24.3 Å². The molecule has 0 bridgehead atoms. The van der Waals surface area contributed by atoms with Crippen LogP contribution in [0.15, 0.2) is 47.4 Å². The third kappa shape index (κ3) is 3.75. The van der Waals surface area contributed by atoms with E-state index in [1.165, 1.54) is 17.1 Å². The highest BCUT2D eigenvalue weighted by Crippen LogP contribution is 2.28. The van der Waals surface area contributed by atoms with Gasteiger partial charge in [0.05, 0.1) is 16.8 Å². The zero-order valence-corrected chi connectivity index (χ0v) is 15.4. The van der Waals surface area contributed by atoms with Crippen molar-refractivity contribution in [1.82, 2.24) is 4.90 Å². The summed E-state index contributed by atoms with van der Waals surface area (Å²) in [4.78, 5) is 15.3. The third-order valence-electron chi connectivity index (χ3n) is 4.49. The molecule has 0 aliphatic carbocycles. The maximum absolute atomic E-state index is 12.6. The van der Waals surface area contributed by atoms with Crippen LogP contribution in [0, 0.1) is 0 Å². The van der Waals surface area contributed by atoms with Gasteiger partial charge >= 0.3 is 0 Å². The van der Waals surface area contributed by atoms with Crippen molar-refractivity contribution in [3.63, 3.8) is 0 Å². The number of rotatable bonds is 4. The van der Waals surface area contributed by atoms with E-state index < -0.39 is 9.84 Å². The van der Waals surface area contributed by atoms with Crippen LogP contribution >= 0.6 is 11.8 Å². The molecule has 4 nitrogen and oxygen atoms in total. The SMILES string of the molecule is C[C@@H](Sc1ccc2ccccc2c1)C(=O)N(C)[C@@H]1CCS(=O)(=O)C1. The molecule has 1 amide bonds. The molecule has 2 atom stereocenters. The maximum Gasteiger partial charge on any atom is 0.235 e. The topological polar surface area (TPSA) is 54.5 Å². The van der Waals surface area contributed by atoms with Crippen LogP contribution in [0.5, 0.6) is 0 Å². The van der Waals surface area contributed by atoms with Crippen LogP contribution in [0.2, 0.25) is 0 Å². The van der Waals surface area contributed by atoms with Gasteiger partial charge in [-0.2, -0.15) is 0 Å². The zero-order chi connectivity index (χ0) is 17.3. The van der Waals surface area contributed by atoms with Gasteiger partial charge in [-0.15, -0.1) is 11.8 Å². The Hall–Kier alpha value is -1.53. The summed E-state index contributed by atoms with van der Waals surface area (Å²) in [7, 11) is -1.27. The highest BCUT2D eigenvalue weighted by atomic mass is 32.2. The summed E-state index contributed by atoms with van der Waals surface area (Å²) in [6.45, 7) is 1.88. The molecule has 2 aromatic carbocycles. The van der Waals surface area contributed by atoms with E-state index in [9.17, 15) is 13.2 Å². The molecule has 128 valence electrons. The Balaban J connectivity index is 1.68. The number of thioether (sulfide) groups is 1. The van der Waals surface area contributed by atoms with Crippen LogP contribution in [0.25, 0.3) is 10.8 Å². The normalized spacial score (nSPS) is 20.8. The van der Waals surface area contributed by atoms with Crippen LogP contribution in [0.3, 0.4) is 0 Å².